The Hall–Kier alpha value is -2.01. The summed E-state index contributed by atoms with van der Waals surface area (Å²) >= 11 is 0. The monoisotopic (exact) mass is 324 g/mol. The quantitative estimate of drug-likeness (QED) is 0.414. The van der Waals surface area contributed by atoms with Crippen LogP contribution in [-0.2, 0) is 4.74 Å². The largest absolute Gasteiger partial charge is 0.462 e. The lowest BCUT2D eigenvalue weighted by Gasteiger charge is -2.29. The Labute approximate surface area is 146 Å². The van der Waals surface area contributed by atoms with E-state index in [-0.39, 0.29) is 11.4 Å². The highest BCUT2D eigenvalue weighted by Gasteiger charge is 2.26. The van der Waals surface area contributed by atoms with Crippen molar-refractivity contribution in [1.29, 1.82) is 0 Å². The second kappa shape index (κ2) is 9.33. The molecule has 24 heavy (non-hydrogen) atoms. The maximum absolute atomic E-state index is 11.7. The van der Waals surface area contributed by atoms with E-state index in [1.165, 1.54) is 32.1 Å². The fraction of sp³-hybridized carbons (Fsp3) is 0.500. The highest BCUT2D eigenvalue weighted by Crippen LogP contribution is 2.37. The number of allylic oxidation sites excluding steroid dienone is 1. The van der Waals surface area contributed by atoms with Crippen molar-refractivity contribution in [2.75, 3.05) is 6.61 Å². The molecular formula is C22H28O2. The van der Waals surface area contributed by atoms with Crippen molar-refractivity contribution in [3.63, 3.8) is 0 Å². The van der Waals surface area contributed by atoms with E-state index in [1.54, 1.807) is 12.1 Å². The molecule has 0 bridgehead atoms. The average molecular weight is 324 g/mol. The van der Waals surface area contributed by atoms with E-state index < -0.39 is 0 Å². The molecule has 0 atom stereocenters. The Bertz CT molecular complexity index is 593. The van der Waals surface area contributed by atoms with Gasteiger partial charge in [0, 0.05) is 11.0 Å². The molecule has 128 valence electrons. The normalized spacial score (nSPS) is 16.9. The molecule has 1 aliphatic carbocycles. The van der Waals surface area contributed by atoms with E-state index >= 15 is 0 Å². The maximum Gasteiger partial charge on any atom is 0.338 e. The van der Waals surface area contributed by atoms with E-state index in [0.717, 1.165) is 24.8 Å². The van der Waals surface area contributed by atoms with Crippen LogP contribution < -0.4 is 0 Å². The Kier molecular flexibility index (Phi) is 7.12. The lowest BCUT2D eigenvalue weighted by molar-refractivity contribution is 0.0526. The van der Waals surface area contributed by atoms with E-state index in [0.29, 0.717) is 12.2 Å². The van der Waals surface area contributed by atoms with Gasteiger partial charge in [-0.2, -0.15) is 0 Å². The van der Waals surface area contributed by atoms with Gasteiger partial charge in [0.2, 0.25) is 0 Å². The number of hydrogen-bond acceptors (Lipinski definition) is 2. The lowest BCUT2D eigenvalue weighted by Crippen LogP contribution is -2.19. The predicted molar refractivity (Wildman–Crippen MR) is 98.8 cm³/mol. The SMILES string of the molecule is C=CCC1(C#Cc2ccc(C(=O)OCC)cc2)CCCCCCC1. The lowest BCUT2D eigenvalue weighted by atomic mass is 9.74. The molecule has 0 saturated heterocycles. The molecule has 1 aliphatic rings. The maximum atomic E-state index is 11.7. The van der Waals surface area contributed by atoms with E-state index in [9.17, 15) is 4.79 Å². The Balaban J connectivity index is 2.14. The summed E-state index contributed by atoms with van der Waals surface area (Å²) in [6.07, 6.45) is 11.8. The zero-order valence-corrected chi connectivity index (χ0v) is 14.8. The third-order valence-corrected chi connectivity index (χ3v) is 4.71. The van der Waals surface area contributed by atoms with Crippen molar-refractivity contribution in [2.24, 2.45) is 5.41 Å². The van der Waals surface area contributed by atoms with E-state index in [1.807, 2.05) is 25.1 Å². The first-order valence-corrected chi connectivity index (χ1v) is 9.10. The number of rotatable bonds is 4. The van der Waals surface area contributed by atoms with Crippen molar-refractivity contribution < 1.29 is 9.53 Å². The molecule has 0 amide bonds. The molecule has 2 heteroatoms. The van der Waals surface area contributed by atoms with E-state index in [4.69, 9.17) is 4.74 Å². The summed E-state index contributed by atoms with van der Waals surface area (Å²) < 4.78 is 5.01. The first-order chi connectivity index (χ1) is 11.7. The van der Waals surface area contributed by atoms with Gasteiger partial charge < -0.3 is 4.74 Å². The molecular weight excluding hydrogens is 296 g/mol. The van der Waals surface area contributed by atoms with Gasteiger partial charge in [-0.1, -0.05) is 50.0 Å². The summed E-state index contributed by atoms with van der Waals surface area (Å²) in [5, 5.41) is 0. The van der Waals surface area contributed by atoms with Crippen LogP contribution in [0.1, 0.15) is 74.2 Å². The van der Waals surface area contributed by atoms with E-state index in [2.05, 4.69) is 18.4 Å². The van der Waals surface area contributed by atoms with Gasteiger partial charge in [0.05, 0.1) is 12.2 Å². The number of carbonyl (C=O) groups is 1. The highest BCUT2D eigenvalue weighted by atomic mass is 16.5. The Morgan fingerprint density at radius 3 is 2.38 bits per heavy atom. The summed E-state index contributed by atoms with van der Waals surface area (Å²) in [6, 6.07) is 7.40. The van der Waals surface area contributed by atoms with Gasteiger partial charge in [-0.05, 0) is 50.5 Å². The molecule has 1 fully saturated rings. The summed E-state index contributed by atoms with van der Waals surface area (Å²) in [5.74, 6) is 6.62. The fourth-order valence-corrected chi connectivity index (χ4v) is 3.35. The van der Waals surface area contributed by atoms with Gasteiger partial charge in [0.1, 0.15) is 0 Å². The van der Waals surface area contributed by atoms with Crippen LogP contribution >= 0.6 is 0 Å². The van der Waals surface area contributed by atoms with Gasteiger partial charge >= 0.3 is 5.97 Å². The van der Waals surface area contributed by atoms with Crippen molar-refractivity contribution >= 4 is 5.97 Å². The molecule has 0 aliphatic heterocycles. The Morgan fingerprint density at radius 1 is 1.17 bits per heavy atom. The number of benzene rings is 1. The topological polar surface area (TPSA) is 26.3 Å². The second-order valence-corrected chi connectivity index (χ2v) is 6.59. The minimum absolute atomic E-state index is 0.0714. The highest BCUT2D eigenvalue weighted by molar-refractivity contribution is 5.89. The third-order valence-electron chi connectivity index (χ3n) is 4.71. The minimum Gasteiger partial charge on any atom is -0.462 e. The zero-order valence-electron chi connectivity index (χ0n) is 14.8. The van der Waals surface area contributed by atoms with Crippen molar-refractivity contribution in [1.82, 2.24) is 0 Å². The smallest absolute Gasteiger partial charge is 0.338 e. The van der Waals surface area contributed by atoms with Crippen molar-refractivity contribution in [2.45, 2.75) is 58.3 Å². The molecule has 2 rings (SSSR count). The van der Waals surface area contributed by atoms with Gasteiger partial charge in [-0.15, -0.1) is 6.58 Å². The average Bonchev–Trinajstić information content (AvgIpc) is 2.57. The molecule has 0 aromatic heterocycles. The first-order valence-electron chi connectivity index (χ1n) is 9.10. The van der Waals surface area contributed by atoms with Crippen LogP contribution in [0.15, 0.2) is 36.9 Å². The fourth-order valence-electron chi connectivity index (χ4n) is 3.35. The number of ether oxygens (including phenoxy) is 1. The van der Waals surface area contributed by atoms with Crippen LogP contribution in [-0.4, -0.2) is 12.6 Å². The molecule has 0 radical (unpaired) electrons. The van der Waals surface area contributed by atoms with Crippen LogP contribution in [0, 0.1) is 17.3 Å². The molecule has 0 heterocycles. The van der Waals surface area contributed by atoms with Crippen LogP contribution in [0.5, 0.6) is 0 Å². The predicted octanol–water partition coefficient (Wildman–Crippen LogP) is 5.52. The summed E-state index contributed by atoms with van der Waals surface area (Å²) in [6.45, 7) is 6.14. The Morgan fingerprint density at radius 2 is 1.79 bits per heavy atom. The van der Waals surface area contributed by atoms with Gasteiger partial charge in [0.15, 0.2) is 0 Å². The summed E-state index contributed by atoms with van der Waals surface area (Å²) in [4.78, 5) is 11.7. The molecule has 1 aromatic carbocycles. The van der Waals surface area contributed by atoms with Crippen molar-refractivity contribution in [3.05, 3.63) is 48.0 Å². The first kappa shape index (κ1) is 18.3. The van der Waals surface area contributed by atoms with Crippen molar-refractivity contribution in [3.8, 4) is 11.8 Å². The second-order valence-electron chi connectivity index (χ2n) is 6.59. The summed E-state index contributed by atoms with van der Waals surface area (Å²) in [7, 11) is 0. The van der Waals surface area contributed by atoms with Crippen LogP contribution in [0.25, 0.3) is 0 Å². The van der Waals surface area contributed by atoms with Crippen LogP contribution in [0.2, 0.25) is 0 Å². The molecule has 1 saturated carbocycles. The molecule has 0 N–H and O–H groups in total. The number of carbonyl (C=O) groups excluding carboxylic acids is 1. The zero-order chi connectivity index (χ0) is 17.3. The molecule has 1 aromatic rings. The number of hydrogen-bond donors (Lipinski definition) is 0. The molecule has 0 spiro atoms. The number of esters is 1. The van der Waals surface area contributed by atoms with Gasteiger partial charge in [-0.3, -0.25) is 0 Å². The molecule has 2 nitrogen and oxygen atoms in total. The molecule has 0 unspecified atom stereocenters. The standard InChI is InChI=1S/C22H28O2/c1-3-15-22(16-8-6-5-7-9-17-22)18-14-19-10-12-20(13-11-19)21(23)24-4-2/h3,10-13H,1,4-9,15-17H2,2H3. The van der Waals surface area contributed by atoms with Crippen LogP contribution in [0.3, 0.4) is 0 Å². The van der Waals surface area contributed by atoms with Gasteiger partial charge in [-0.25, -0.2) is 4.79 Å². The van der Waals surface area contributed by atoms with Gasteiger partial charge in [0.25, 0.3) is 0 Å². The summed E-state index contributed by atoms with van der Waals surface area (Å²) in [5.41, 5.74) is 1.60. The third kappa shape index (κ3) is 5.27. The van der Waals surface area contributed by atoms with Crippen LogP contribution in [0.4, 0.5) is 0 Å². The minimum atomic E-state index is -0.278.